The van der Waals surface area contributed by atoms with Crippen LogP contribution in [0.5, 0.6) is 0 Å². The highest BCUT2D eigenvalue weighted by Gasteiger charge is 2.32. The van der Waals surface area contributed by atoms with Gasteiger partial charge in [0.25, 0.3) is 0 Å². The van der Waals surface area contributed by atoms with Crippen molar-refractivity contribution in [2.24, 2.45) is 0 Å². The van der Waals surface area contributed by atoms with E-state index in [0.717, 1.165) is 11.1 Å². The zero-order chi connectivity index (χ0) is 27.9. The molecule has 3 aromatic carbocycles. The van der Waals surface area contributed by atoms with Crippen molar-refractivity contribution in [1.82, 2.24) is 10.2 Å². The van der Waals surface area contributed by atoms with E-state index in [-0.39, 0.29) is 24.1 Å². The summed E-state index contributed by atoms with van der Waals surface area (Å²) in [6.45, 7) is 5.90. The molecule has 38 heavy (non-hydrogen) atoms. The van der Waals surface area contributed by atoms with E-state index in [1.54, 1.807) is 35.2 Å². The van der Waals surface area contributed by atoms with Crippen LogP contribution in [0.3, 0.4) is 0 Å². The lowest BCUT2D eigenvalue weighted by atomic mass is 10.0. The molecule has 9 heteroatoms. The third kappa shape index (κ3) is 9.39. The van der Waals surface area contributed by atoms with Crippen LogP contribution in [-0.4, -0.2) is 34.0 Å². The van der Waals surface area contributed by atoms with Gasteiger partial charge in [0, 0.05) is 44.3 Å². The minimum Gasteiger partial charge on any atom is -0.350 e. The van der Waals surface area contributed by atoms with Crippen molar-refractivity contribution >= 4 is 70.0 Å². The molecule has 1 atom stereocenters. The number of hydrogen-bond donors (Lipinski definition) is 1. The molecule has 3 aromatic rings. The molecule has 0 aliphatic heterocycles. The number of thioether (sulfide) groups is 1. The van der Waals surface area contributed by atoms with E-state index < -0.39 is 11.6 Å². The molecule has 0 fully saturated rings. The van der Waals surface area contributed by atoms with Crippen molar-refractivity contribution in [3.05, 3.63) is 104 Å². The highest BCUT2D eigenvalue weighted by Crippen LogP contribution is 2.27. The van der Waals surface area contributed by atoms with Gasteiger partial charge in [0.05, 0.1) is 5.75 Å². The summed E-state index contributed by atoms with van der Waals surface area (Å²) in [5.41, 5.74) is 2.06. The van der Waals surface area contributed by atoms with Gasteiger partial charge in [-0.25, -0.2) is 0 Å². The molecule has 2 amide bonds. The maximum Gasteiger partial charge on any atom is 0.243 e. The monoisotopic (exact) mass is 610 g/mol. The van der Waals surface area contributed by atoms with Crippen molar-refractivity contribution in [1.29, 1.82) is 0 Å². The predicted molar refractivity (Wildman–Crippen MR) is 161 cm³/mol. The lowest BCUT2D eigenvalue weighted by Crippen LogP contribution is -2.54. The van der Waals surface area contributed by atoms with Gasteiger partial charge in [-0.15, -0.1) is 11.8 Å². The van der Waals surface area contributed by atoms with E-state index in [1.165, 1.54) is 11.8 Å². The lowest BCUT2D eigenvalue weighted by molar-refractivity contribution is -0.140. The summed E-state index contributed by atoms with van der Waals surface area (Å²) in [7, 11) is 0. The standard InChI is InChI=1S/C29H30Cl4N2O2S/c1-29(2,3)34-28(37)26(13-19-7-5-4-6-8-19)35(16-20-9-11-22(30)14-24(20)32)27(36)18-38-17-21-10-12-23(31)15-25(21)33/h4-12,14-15,26H,13,16-18H2,1-3H3,(H,34,37). The van der Waals surface area contributed by atoms with E-state index in [0.29, 0.717) is 37.8 Å². The number of nitrogens with zero attached hydrogens (tertiary/aromatic N) is 1. The molecule has 0 bridgehead atoms. The Labute approximate surface area is 249 Å². The molecule has 0 aliphatic rings. The number of nitrogens with one attached hydrogen (secondary N) is 1. The molecule has 4 nitrogen and oxygen atoms in total. The van der Waals surface area contributed by atoms with Gasteiger partial charge in [0.1, 0.15) is 6.04 Å². The minimum atomic E-state index is -0.754. The average Bonchev–Trinajstić information content (AvgIpc) is 2.83. The smallest absolute Gasteiger partial charge is 0.243 e. The Morgan fingerprint density at radius 1 is 0.868 bits per heavy atom. The molecular formula is C29H30Cl4N2O2S. The van der Waals surface area contributed by atoms with Crippen molar-refractivity contribution in [3.8, 4) is 0 Å². The summed E-state index contributed by atoms with van der Waals surface area (Å²) < 4.78 is 0. The molecule has 202 valence electrons. The molecule has 1 unspecified atom stereocenters. The molecule has 0 radical (unpaired) electrons. The number of carbonyl (C=O) groups excluding carboxylic acids is 2. The number of rotatable bonds is 10. The first-order chi connectivity index (χ1) is 17.9. The van der Waals surface area contributed by atoms with Crippen LogP contribution in [0.4, 0.5) is 0 Å². The molecule has 0 aliphatic carbocycles. The Morgan fingerprint density at radius 2 is 1.45 bits per heavy atom. The number of carbonyl (C=O) groups is 2. The first kappa shape index (κ1) is 30.6. The van der Waals surface area contributed by atoms with E-state index >= 15 is 0 Å². The molecule has 3 rings (SSSR count). The van der Waals surface area contributed by atoms with E-state index in [9.17, 15) is 9.59 Å². The number of halogens is 4. The topological polar surface area (TPSA) is 49.4 Å². The van der Waals surface area contributed by atoms with Gasteiger partial charge in [-0.1, -0.05) is 88.9 Å². The van der Waals surface area contributed by atoms with Gasteiger partial charge >= 0.3 is 0 Å². The summed E-state index contributed by atoms with van der Waals surface area (Å²) in [6, 6.07) is 19.4. The summed E-state index contributed by atoms with van der Waals surface area (Å²) in [5.74, 6) is 0.259. The van der Waals surface area contributed by atoms with Crippen LogP contribution >= 0.6 is 58.2 Å². The molecule has 0 spiro atoms. The zero-order valence-electron chi connectivity index (χ0n) is 21.4. The molecule has 0 saturated carbocycles. The molecular weight excluding hydrogens is 582 g/mol. The van der Waals surface area contributed by atoms with Crippen LogP contribution in [0.1, 0.15) is 37.5 Å². The van der Waals surface area contributed by atoms with Crippen LogP contribution in [0.25, 0.3) is 0 Å². The minimum absolute atomic E-state index is 0.151. The van der Waals surface area contributed by atoms with Gasteiger partial charge in [0.15, 0.2) is 0 Å². The van der Waals surface area contributed by atoms with Gasteiger partial charge in [-0.3, -0.25) is 9.59 Å². The number of benzene rings is 3. The Morgan fingerprint density at radius 3 is 2.00 bits per heavy atom. The second-order valence-electron chi connectivity index (χ2n) is 9.93. The first-order valence-electron chi connectivity index (χ1n) is 12.0. The fraction of sp³-hybridized carbons (Fsp3) is 0.310. The maximum atomic E-state index is 13.8. The second-order valence-corrected chi connectivity index (χ2v) is 12.6. The third-order valence-electron chi connectivity index (χ3n) is 5.62. The normalized spacial score (nSPS) is 12.2. The van der Waals surface area contributed by atoms with Gasteiger partial charge in [-0.2, -0.15) is 0 Å². The number of amides is 2. The highest BCUT2D eigenvalue weighted by molar-refractivity contribution is 7.99. The SMILES string of the molecule is CC(C)(C)NC(=O)C(Cc1ccccc1)N(Cc1ccc(Cl)cc1Cl)C(=O)CSCc1ccc(Cl)cc1Cl. The second kappa shape index (κ2) is 14.0. The number of hydrogen-bond acceptors (Lipinski definition) is 3. The van der Waals surface area contributed by atoms with Crippen molar-refractivity contribution in [2.45, 2.75) is 51.1 Å². The van der Waals surface area contributed by atoms with Crippen molar-refractivity contribution in [3.63, 3.8) is 0 Å². The third-order valence-corrected chi connectivity index (χ3v) is 7.76. The van der Waals surface area contributed by atoms with Crippen LogP contribution in [0.2, 0.25) is 20.1 Å². The van der Waals surface area contributed by atoms with Crippen LogP contribution in [0, 0.1) is 0 Å². The molecule has 0 saturated heterocycles. The largest absolute Gasteiger partial charge is 0.350 e. The van der Waals surface area contributed by atoms with Crippen LogP contribution in [0.15, 0.2) is 66.7 Å². The average molecular weight is 612 g/mol. The molecule has 0 aromatic heterocycles. The maximum absolute atomic E-state index is 13.8. The van der Waals surface area contributed by atoms with Crippen molar-refractivity contribution in [2.75, 3.05) is 5.75 Å². The van der Waals surface area contributed by atoms with E-state index in [2.05, 4.69) is 5.32 Å². The predicted octanol–water partition coefficient (Wildman–Crippen LogP) is 8.09. The first-order valence-corrected chi connectivity index (χ1v) is 14.7. The summed E-state index contributed by atoms with van der Waals surface area (Å²) >= 11 is 26.3. The Kier molecular flexibility index (Phi) is 11.3. The fourth-order valence-corrected chi connectivity index (χ4v) is 5.75. The molecule has 1 N–H and O–H groups in total. The van der Waals surface area contributed by atoms with Crippen LogP contribution < -0.4 is 5.32 Å². The van der Waals surface area contributed by atoms with Gasteiger partial charge in [-0.05, 0) is 61.7 Å². The highest BCUT2D eigenvalue weighted by atomic mass is 35.5. The van der Waals surface area contributed by atoms with Crippen LogP contribution in [-0.2, 0) is 28.3 Å². The summed E-state index contributed by atoms with van der Waals surface area (Å²) in [6.07, 6.45) is 0.355. The summed E-state index contributed by atoms with van der Waals surface area (Å²) in [5, 5.41) is 5.09. The lowest BCUT2D eigenvalue weighted by Gasteiger charge is -2.34. The fourth-order valence-electron chi connectivity index (χ4n) is 3.81. The quantitative estimate of drug-likeness (QED) is 0.252. The van der Waals surface area contributed by atoms with Gasteiger partial charge < -0.3 is 10.2 Å². The van der Waals surface area contributed by atoms with Gasteiger partial charge in [0.2, 0.25) is 11.8 Å². The van der Waals surface area contributed by atoms with Crippen molar-refractivity contribution < 1.29 is 9.59 Å². The van der Waals surface area contributed by atoms with E-state index in [4.69, 9.17) is 46.4 Å². The molecule has 0 heterocycles. The van der Waals surface area contributed by atoms with E-state index in [1.807, 2.05) is 57.2 Å². The Balaban J connectivity index is 1.90. The Bertz CT molecular complexity index is 1270. The Hall–Kier alpha value is -1.89. The zero-order valence-corrected chi connectivity index (χ0v) is 25.3. The summed E-state index contributed by atoms with van der Waals surface area (Å²) in [4.78, 5) is 29.0.